The van der Waals surface area contributed by atoms with Crippen molar-refractivity contribution in [3.8, 4) is 5.75 Å². The van der Waals surface area contributed by atoms with Crippen LogP contribution in [-0.2, 0) is 11.2 Å². The van der Waals surface area contributed by atoms with Crippen molar-refractivity contribution in [1.82, 2.24) is 0 Å². The van der Waals surface area contributed by atoms with Crippen molar-refractivity contribution in [3.63, 3.8) is 0 Å². The van der Waals surface area contributed by atoms with Crippen LogP contribution >= 0.6 is 0 Å². The first-order valence-electron chi connectivity index (χ1n) is 6.08. The van der Waals surface area contributed by atoms with Gasteiger partial charge in [-0.1, -0.05) is 30.3 Å². The average Bonchev–Trinajstić information content (AvgIpc) is 2.48. The molecule has 1 N–H and O–H groups in total. The number of hydrogen-bond acceptors (Lipinski definition) is 4. The highest BCUT2D eigenvalue weighted by Crippen LogP contribution is 2.13. The second-order valence-corrected chi connectivity index (χ2v) is 4.17. The summed E-state index contributed by atoms with van der Waals surface area (Å²) in [6.45, 7) is 0. The first-order chi connectivity index (χ1) is 9.69. The highest BCUT2D eigenvalue weighted by molar-refractivity contribution is 6.34. The highest BCUT2D eigenvalue weighted by Gasteiger charge is 2.07. The molecule has 4 heteroatoms. The number of rotatable bonds is 5. The van der Waals surface area contributed by atoms with E-state index in [1.165, 1.54) is 12.1 Å². The molecular weight excluding hydrogens is 254 g/mol. The van der Waals surface area contributed by atoms with E-state index >= 15 is 0 Å². The SMILES string of the molecule is N=CC(=O)c1ccc(OC(=O)Cc2ccccc2)cc1. The molecule has 2 rings (SSSR count). The molecule has 0 fully saturated rings. The molecule has 0 aliphatic carbocycles. The summed E-state index contributed by atoms with van der Waals surface area (Å²) >= 11 is 0. The van der Waals surface area contributed by atoms with Crippen molar-refractivity contribution < 1.29 is 14.3 Å². The van der Waals surface area contributed by atoms with Gasteiger partial charge in [-0.05, 0) is 29.8 Å². The van der Waals surface area contributed by atoms with Gasteiger partial charge in [-0.3, -0.25) is 9.59 Å². The van der Waals surface area contributed by atoms with Crippen LogP contribution in [0.1, 0.15) is 15.9 Å². The van der Waals surface area contributed by atoms with Crippen LogP contribution in [0, 0.1) is 5.41 Å². The monoisotopic (exact) mass is 267 g/mol. The largest absolute Gasteiger partial charge is 0.426 e. The number of benzene rings is 2. The Bertz CT molecular complexity index is 618. The lowest BCUT2D eigenvalue weighted by Gasteiger charge is -2.05. The third kappa shape index (κ3) is 3.62. The molecule has 0 spiro atoms. The number of nitrogens with one attached hydrogen (secondary N) is 1. The Hall–Kier alpha value is -2.75. The van der Waals surface area contributed by atoms with E-state index in [9.17, 15) is 9.59 Å². The molecule has 2 aromatic carbocycles. The maximum Gasteiger partial charge on any atom is 0.315 e. The number of hydrogen-bond donors (Lipinski definition) is 1. The predicted molar refractivity (Wildman–Crippen MR) is 75.3 cm³/mol. The van der Waals surface area contributed by atoms with Crippen molar-refractivity contribution in [1.29, 1.82) is 5.41 Å². The number of Topliss-reactive ketones (excluding diaryl/α,β-unsaturated/α-hetero) is 1. The van der Waals surface area contributed by atoms with Gasteiger partial charge in [0.1, 0.15) is 5.75 Å². The molecule has 0 aromatic heterocycles. The molecule has 0 unspecified atom stereocenters. The molecule has 0 aliphatic heterocycles. The third-order valence-electron chi connectivity index (χ3n) is 2.69. The van der Waals surface area contributed by atoms with Gasteiger partial charge in [-0.15, -0.1) is 0 Å². The van der Waals surface area contributed by atoms with Crippen LogP contribution in [0.25, 0.3) is 0 Å². The molecule has 0 aliphatic rings. The minimum Gasteiger partial charge on any atom is -0.426 e. The van der Waals surface area contributed by atoms with Crippen molar-refractivity contribution in [3.05, 3.63) is 65.7 Å². The van der Waals surface area contributed by atoms with Crippen molar-refractivity contribution in [2.75, 3.05) is 0 Å². The van der Waals surface area contributed by atoms with Gasteiger partial charge in [0, 0.05) is 5.56 Å². The zero-order chi connectivity index (χ0) is 14.4. The maximum atomic E-state index is 11.7. The molecular formula is C16H13NO3. The smallest absolute Gasteiger partial charge is 0.315 e. The standard InChI is InChI=1S/C16H13NO3/c17-11-15(18)13-6-8-14(9-7-13)20-16(19)10-12-4-2-1-3-5-12/h1-9,11,17H,10H2. The molecule has 100 valence electrons. The lowest BCUT2D eigenvalue weighted by atomic mass is 10.1. The summed E-state index contributed by atoms with van der Waals surface area (Å²) in [7, 11) is 0. The van der Waals surface area contributed by atoms with E-state index in [0.29, 0.717) is 11.3 Å². The zero-order valence-corrected chi connectivity index (χ0v) is 10.7. The molecule has 4 nitrogen and oxygen atoms in total. The summed E-state index contributed by atoms with van der Waals surface area (Å²) in [5, 5.41) is 6.88. The van der Waals surface area contributed by atoms with E-state index < -0.39 is 0 Å². The highest BCUT2D eigenvalue weighted by atomic mass is 16.5. The Labute approximate surface area is 116 Å². The van der Waals surface area contributed by atoms with Gasteiger partial charge in [-0.2, -0.15) is 0 Å². The van der Waals surface area contributed by atoms with Gasteiger partial charge < -0.3 is 10.1 Å². The first-order valence-corrected chi connectivity index (χ1v) is 6.08. The summed E-state index contributed by atoms with van der Waals surface area (Å²) in [4.78, 5) is 23.0. The maximum absolute atomic E-state index is 11.7. The summed E-state index contributed by atoms with van der Waals surface area (Å²) < 4.78 is 5.18. The summed E-state index contributed by atoms with van der Waals surface area (Å²) in [6, 6.07) is 15.4. The van der Waals surface area contributed by atoms with Crippen LogP contribution in [0.3, 0.4) is 0 Å². The Morgan fingerprint density at radius 3 is 2.25 bits per heavy atom. The van der Waals surface area contributed by atoms with Crippen LogP contribution in [0.15, 0.2) is 54.6 Å². The van der Waals surface area contributed by atoms with Crippen molar-refractivity contribution >= 4 is 18.0 Å². The van der Waals surface area contributed by atoms with E-state index in [0.717, 1.165) is 11.8 Å². The normalized spacial score (nSPS) is 9.80. The van der Waals surface area contributed by atoms with Crippen LogP contribution in [0.4, 0.5) is 0 Å². The molecule has 0 atom stereocenters. The lowest BCUT2D eigenvalue weighted by molar-refractivity contribution is -0.133. The minimum absolute atomic E-state index is 0.196. The Balaban J connectivity index is 1.98. The van der Waals surface area contributed by atoms with Gasteiger partial charge in [0.25, 0.3) is 0 Å². The number of ketones is 1. The second kappa shape index (κ2) is 6.43. The molecule has 0 amide bonds. The van der Waals surface area contributed by atoms with E-state index in [-0.39, 0.29) is 18.2 Å². The molecule has 0 radical (unpaired) electrons. The van der Waals surface area contributed by atoms with Gasteiger partial charge >= 0.3 is 5.97 Å². The lowest BCUT2D eigenvalue weighted by Crippen LogP contribution is -2.11. The number of esters is 1. The van der Waals surface area contributed by atoms with Crippen molar-refractivity contribution in [2.24, 2.45) is 0 Å². The quantitative estimate of drug-likeness (QED) is 0.392. The summed E-state index contributed by atoms with van der Waals surface area (Å²) in [5.41, 5.74) is 1.27. The topological polar surface area (TPSA) is 67.2 Å². The van der Waals surface area contributed by atoms with E-state index in [1.54, 1.807) is 12.1 Å². The molecule has 2 aromatic rings. The molecule has 0 bridgehead atoms. The van der Waals surface area contributed by atoms with Gasteiger partial charge in [0.15, 0.2) is 0 Å². The first kappa shape index (κ1) is 13.7. The Morgan fingerprint density at radius 2 is 1.65 bits per heavy atom. The number of carbonyl (C=O) groups is 2. The zero-order valence-electron chi connectivity index (χ0n) is 10.7. The van der Waals surface area contributed by atoms with Crippen LogP contribution in [-0.4, -0.2) is 18.0 Å². The number of carbonyl (C=O) groups excluding carboxylic acids is 2. The minimum atomic E-state index is -0.382. The average molecular weight is 267 g/mol. The Kier molecular flexibility index (Phi) is 4.39. The van der Waals surface area contributed by atoms with E-state index in [2.05, 4.69) is 0 Å². The fraction of sp³-hybridized carbons (Fsp3) is 0.0625. The van der Waals surface area contributed by atoms with Gasteiger partial charge in [0.05, 0.1) is 12.6 Å². The summed E-state index contributed by atoms with van der Waals surface area (Å²) in [6.07, 6.45) is 0.943. The van der Waals surface area contributed by atoms with Gasteiger partial charge in [0.2, 0.25) is 5.78 Å². The van der Waals surface area contributed by atoms with Gasteiger partial charge in [-0.25, -0.2) is 0 Å². The fourth-order valence-corrected chi connectivity index (χ4v) is 1.70. The molecule has 0 heterocycles. The molecule has 0 saturated carbocycles. The predicted octanol–water partition coefficient (Wildman–Crippen LogP) is 2.67. The molecule has 20 heavy (non-hydrogen) atoms. The fourth-order valence-electron chi connectivity index (χ4n) is 1.70. The van der Waals surface area contributed by atoms with Crippen molar-refractivity contribution in [2.45, 2.75) is 6.42 Å². The van der Waals surface area contributed by atoms with E-state index in [1.807, 2.05) is 30.3 Å². The second-order valence-electron chi connectivity index (χ2n) is 4.17. The van der Waals surface area contributed by atoms with E-state index in [4.69, 9.17) is 10.1 Å². The summed E-state index contributed by atoms with van der Waals surface area (Å²) in [5.74, 6) is -0.359. The van der Waals surface area contributed by atoms with Crippen LogP contribution in [0.2, 0.25) is 0 Å². The van der Waals surface area contributed by atoms with Crippen LogP contribution < -0.4 is 4.74 Å². The third-order valence-corrected chi connectivity index (χ3v) is 2.69. The Morgan fingerprint density at radius 1 is 1.00 bits per heavy atom. The number of ether oxygens (including phenoxy) is 1. The molecule has 0 saturated heterocycles. The van der Waals surface area contributed by atoms with Crippen LogP contribution in [0.5, 0.6) is 5.75 Å².